The van der Waals surface area contributed by atoms with Gasteiger partial charge in [-0.1, -0.05) is 83.1 Å². The minimum atomic E-state index is -3.51. The predicted octanol–water partition coefficient (Wildman–Crippen LogP) is 10.3. The van der Waals surface area contributed by atoms with Crippen LogP contribution in [0.25, 0.3) is 0 Å². The third kappa shape index (κ3) is 10.0. The van der Waals surface area contributed by atoms with Gasteiger partial charge in [0.05, 0.1) is 24.4 Å². The zero-order valence-corrected chi connectivity index (χ0v) is 30.2. The zero-order valence-electron chi connectivity index (χ0n) is 29.2. The van der Waals surface area contributed by atoms with E-state index in [0.29, 0.717) is 23.7 Å². The quantitative estimate of drug-likeness (QED) is 0.263. The second-order valence-corrected chi connectivity index (χ2v) is 21.1. The molecule has 0 N–H and O–H groups in total. The van der Waals surface area contributed by atoms with Crippen LogP contribution in [-0.4, -0.2) is 33.5 Å². The molecule has 0 aromatic heterocycles. The molecule has 4 rings (SSSR count). The fourth-order valence-electron chi connectivity index (χ4n) is 10.4. The largest absolute Gasteiger partial charge is 0.680 e. The molecular weight excluding hydrogens is 524 g/mol. The van der Waals surface area contributed by atoms with E-state index in [1.807, 2.05) is 0 Å². The van der Waals surface area contributed by atoms with Crippen LogP contribution in [0.2, 0.25) is 0 Å². The van der Waals surface area contributed by atoms with Gasteiger partial charge in [0.25, 0.3) is 0 Å². The first-order valence-corrected chi connectivity index (χ1v) is 19.1. The van der Waals surface area contributed by atoms with Crippen molar-refractivity contribution in [3.8, 4) is 0 Å². The summed E-state index contributed by atoms with van der Waals surface area (Å²) >= 11 is 0. The summed E-state index contributed by atoms with van der Waals surface area (Å²) in [6, 6.07) is 0. The fourth-order valence-corrected chi connectivity index (χ4v) is 13.1. The second kappa shape index (κ2) is 12.5. The Labute approximate surface area is 256 Å². The highest BCUT2D eigenvalue weighted by Crippen LogP contribution is 2.47. The summed E-state index contributed by atoms with van der Waals surface area (Å²) in [5.41, 5.74) is 1.03. The highest BCUT2D eigenvalue weighted by molar-refractivity contribution is 6.53. The summed E-state index contributed by atoms with van der Waals surface area (Å²) in [6.45, 7) is 28.9. The molecule has 5 heteroatoms. The Morgan fingerprint density at radius 3 is 0.732 bits per heavy atom. The van der Waals surface area contributed by atoms with Crippen molar-refractivity contribution in [2.24, 2.45) is 45.3 Å². The lowest BCUT2D eigenvalue weighted by Gasteiger charge is -2.48. The van der Waals surface area contributed by atoms with Gasteiger partial charge in [0, 0.05) is 0 Å². The molecule has 0 saturated heterocycles. The van der Waals surface area contributed by atoms with E-state index in [0.717, 1.165) is 51.4 Å². The van der Waals surface area contributed by atoms with Gasteiger partial charge in [-0.05, 0) is 122 Å². The van der Waals surface area contributed by atoms with Crippen molar-refractivity contribution < 1.29 is 17.7 Å². The van der Waals surface area contributed by atoms with Crippen LogP contribution < -0.4 is 0 Å². The van der Waals surface area contributed by atoms with Gasteiger partial charge in [-0.15, -0.1) is 0 Å². The molecule has 4 saturated carbocycles. The van der Waals surface area contributed by atoms with Crippen molar-refractivity contribution in [3.63, 3.8) is 0 Å². The van der Waals surface area contributed by atoms with Crippen molar-refractivity contribution >= 4 is 9.05 Å². The Morgan fingerprint density at radius 1 is 0.366 bits per heavy atom. The highest BCUT2D eigenvalue weighted by Gasteiger charge is 2.56. The normalized spacial score (nSPS) is 41.9. The average Bonchev–Trinajstić information content (AvgIpc) is 2.66. The van der Waals surface area contributed by atoms with Crippen LogP contribution in [0.3, 0.4) is 0 Å². The molecule has 0 aliphatic heterocycles. The standard InChI is InChI=1S/C36H68O4Si/c1-25-13-29(21-33(5,6)17-25)37-41(38-30-14-26(2)18-34(7,8)22-30,39-31-15-27(3)19-35(9,10)23-31)40-32-16-28(4)20-36(11,12)24-32/h25-32H,13-24H2,1-12H3. The summed E-state index contributed by atoms with van der Waals surface area (Å²) in [5, 5.41) is 0. The smallest absolute Gasteiger partial charge is 0.348 e. The third-order valence-corrected chi connectivity index (χ3v) is 13.1. The number of hydrogen-bond donors (Lipinski definition) is 0. The number of rotatable bonds is 8. The van der Waals surface area contributed by atoms with Crippen LogP contribution in [0, 0.1) is 45.3 Å². The summed E-state index contributed by atoms with van der Waals surface area (Å²) in [6.07, 6.45) is 14.0. The Balaban J connectivity index is 1.70. The maximum Gasteiger partial charge on any atom is 0.680 e. The van der Waals surface area contributed by atoms with E-state index < -0.39 is 9.05 Å². The molecule has 240 valence electrons. The van der Waals surface area contributed by atoms with E-state index in [1.54, 1.807) is 0 Å². The first-order valence-electron chi connectivity index (χ1n) is 17.4. The van der Waals surface area contributed by atoms with Crippen molar-refractivity contribution in [2.45, 2.75) is 185 Å². The van der Waals surface area contributed by atoms with Crippen LogP contribution >= 0.6 is 0 Å². The Hall–Kier alpha value is 0.0569. The Bertz CT molecular complexity index is 724. The van der Waals surface area contributed by atoms with Crippen molar-refractivity contribution in [1.29, 1.82) is 0 Å². The van der Waals surface area contributed by atoms with E-state index in [4.69, 9.17) is 17.7 Å². The van der Waals surface area contributed by atoms with E-state index in [9.17, 15) is 0 Å². The molecule has 4 aliphatic carbocycles. The minimum absolute atomic E-state index is 0.123. The molecule has 41 heavy (non-hydrogen) atoms. The van der Waals surface area contributed by atoms with Gasteiger partial charge >= 0.3 is 9.05 Å². The van der Waals surface area contributed by atoms with Gasteiger partial charge in [0.15, 0.2) is 0 Å². The summed E-state index contributed by atoms with van der Waals surface area (Å²) in [5.74, 6) is 2.52. The van der Waals surface area contributed by atoms with Crippen LogP contribution in [0.15, 0.2) is 0 Å². The van der Waals surface area contributed by atoms with Crippen LogP contribution in [-0.2, 0) is 17.7 Å². The van der Waals surface area contributed by atoms with Gasteiger partial charge in [-0.25, -0.2) is 0 Å². The lowest BCUT2D eigenvalue weighted by atomic mass is 9.72. The van der Waals surface area contributed by atoms with E-state index >= 15 is 0 Å². The number of hydrogen-bond acceptors (Lipinski definition) is 4. The molecule has 8 unspecified atom stereocenters. The molecule has 0 spiro atoms. The molecule has 0 radical (unpaired) electrons. The molecule has 0 bridgehead atoms. The van der Waals surface area contributed by atoms with Crippen LogP contribution in [0.5, 0.6) is 0 Å². The fraction of sp³-hybridized carbons (Fsp3) is 1.00. The minimum Gasteiger partial charge on any atom is -0.348 e. The molecule has 0 aromatic carbocycles. The second-order valence-electron chi connectivity index (χ2n) is 19.1. The molecule has 0 aromatic rings. The first kappa shape index (κ1) is 33.9. The lowest BCUT2D eigenvalue weighted by Crippen LogP contribution is -2.60. The van der Waals surface area contributed by atoms with Gasteiger partial charge in [0.2, 0.25) is 0 Å². The van der Waals surface area contributed by atoms with Crippen molar-refractivity contribution in [2.75, 3.05) is 0 Å². The Morgan fingerprint density at radius 2 is 0.561 bits per heavy atom. The predicted molar refractivity (Wildman–Crippen MR) is 172 cm³/mol. The van der Waals surface area contributed by atoms with Gasteiger partial charge in [-0.3, -0.25) is 0 Å². The van der Waals surface area contributed by atoms with Gasteiger partial charge in [0.1, 0.15) is 0 Å². The van der Waals surface area contributed by atoms with Crippen LogP contribution in [0.1, 0.15) is 160 Å². The molecule has 8 atom stereocenters. The topological polar surface area (TPSA) is 36.9 Å². The van der Waals surface area contributed by atoms with Crippen LogP contribution in [0.4, 0.5) is 0 Å². The van der Waals surface area contributed by atoms with E-state index in [1.165, 1.54) is 25.7 Å². The molecule has 4 aliphatic rings. The molecule has 4 fully saturated rings. The molecule has 4 nitrogen and oxygen atoms in total. The molecular formula is C36H68O4Si. The summed E-state index contributed by atoms with van der Waals surface area (Å²) < 4.78 is 29.5. The van der Waals surface area contributed by atoms with Crippen molar-refractivity contribution in [1.82, 2.24) is 0 Å². The monoisotopic (exact) mass is 592 g/mol. The summed E-state index contributed by atoms with van der Waals surface area (Å²) in [7, 11) is -3.51. The van der Waals surface area contributed by atoms with Gasteiger partial charge < -0.3 is 17.7 Å². The maximum atomic E-state index is 7.38. The molecule has 0 amide bonds. The molecule has 0 heterocycles. The third-order valence-electron chi connectivity index (χ3n) is 10.6. The average molecular weight is 593 g/mol. The van der Waals surface area contributed by atoms with E-state index in [-0.39, 0.29) is 46.1 Å². The van der Waals surface area contributed by atoms with E-state index in [2.05, 4.69) is 83.1 Å². The lowest BCUT2D eigenvalue weighted by molar-refractivity contribution is -0.146. The zero-order chi connectivity index (χ0) is 30.4. The Kier molecular flexibility index (Phi) is 10.3. The van der Waals surface area contributed by atoms with Gasteiger partial charge in [-0.2, -0.15) is 0 Å². The SMILES string of the molecule is CC1CC(O[Si](OC2CC(C)CC(C)(C)C2)(OC2CC(C)CC(C)(C)C2)OC2CC(C)CC(C)(C)C2)CC(C)(C)C1. The summed E-state index contributed by atoms with van der Waals surface area (Å²) in [4.78, 5) is 0. The highest BCUT2D eigenvalue weighted by atomic mass is 28.4. The maximum absolute atomic E-state index is 7.38. The van der Waals surface area contributed by atoms with Crippen molar-refractivity contribution in [3.05, 3.63) is 0 Å². The first-order chi connectivity index (χ1) is 18.7.